The molecule has 0 amide bonds. The van der Waals surface area contributed by atoms with Gasteiger partial charge in [-0.3, -0.25) is 0 Å². The minimum atomic E-state index is -1.08. The van der Waals surface area contributed by atoms with E-state index in [9.17, 15) is 8.78 Å². The molecular weight excluding hydrogens is 279 g/mol. The van der Waals surface area contributed by atoms with Crippen molar-refractivity contribution in [3.8, 4) is 17.2 Å². The molecule has 0 N–H and O–H groups in total. The molecule has 0 saturated carbocycles. The zero-order valence-corrected chi connectivity index (χ0v) is 10.4. The third kappa shape index (κ3) is 2.17. The molecule has 1 nitrogen and oxygen atoms in total. The van der Waals surface area contributed by atoms with Crippen LogP contribution < -0.4 is 0 Å². The Morgan fingerprint density at radius 3 is 2.11 bits per heavy atom. The van der Waals surface area contributed by atoms with E-state index in [0.29, 0.717) is 5.56 Å². The molecule has 5 heteroatoms. The van der Waals surface area contributed by atoms with Gasteiger partial charge in [0.1, 0.15) is 0 Å². The van der Waals surface area contributed by atoms with E-state index in [2.05, 4.69) is 0 Å². The maximum absolute atomic E-state index is 13.3. The van der Waals surface area contributed by atoms with Gasteiger partial charge in [0.15, 0.2) is 11.6 Å². The lowest BCUT2D eigenvalue weighted by Crippen LogP contribution is -1.92. The van der Waals surface area contributed by atoms with Crippen LogP contribution in [0.25, 0.3) is 11.1 Å². The monoisotopic (exact) mass is 283 g/mol. The molecule has 0 heterocycles. The second kappa shape index (κ2) is 4.93. The molecule has 90 valence electrons. The van der Waals surface area contributed by atoms with Crippen LogP contribution in [0, 0.1) is 23.0 Å². The van der Waals surface area contributed by atoms with Gasteiger partial charge < -0.3 is 0 Å². The fourth-order valence-corrected chi connectivity index (χ4v) is 2.20. The van der Waals surface area contributed by atoms with Crippen molar-refractivity contribution in [2.45, 2.75) is 0 Å². The molecule has 0 spiro atoms. The van der Waals surface area contributed by atoms with Gasteiger partial charge in [-0.15, -0.1) is 0 Å². The van der Waals surface area contributed by atoms with Crippen molar-refractivity contribution in [1.29, 1.82) is 5.26 Å². The van der Waals surface area contributed by atoms with Crippen molar-refractivity contribution in [1.82, 2.24) is 0 Å². The predicted octanol–water partition coefficient (Wildman–Crippen LogP) is 4.81. The Kier molecular flexibility index (Phi) is 3.51. The van der Waals surface area contributed by atoms with Gasteiger partial charge in [0.2, 0.25) is 0 Å². The molecule has 0 saturated heterocycles. The van der Waals surface area contributed by atoms with Gasteiger partial charge in [-0.1, -0.05) is 29.3 Å². The summed E-state index contributed by atoms with van der Waals surface area (Å²) >= 11 is 12.0. The lowest BCUT2D eigenvalue weighted by Gasteiger charge is -2.09. The van der Waals surface area contributed by atoms with E-state index in [-0.39, 0.29) is 21.2 Å². The number of halogens is 4. The van der Waals surface area contributed by atoms with Crippen molar-refractivity contribution < 1.29 is 8.78 Å². The Bertz CT molecular complexity index is 643. The fraction of sp³-hybridized carbons (Fsp3) is 0. The molecule has 0 aliphatic heterocycles. The summed E-state index contributed by atoms with van der Waals surface area (Å²) in [6.07, 6.45) is 0. The zero-order valence-electron chi connectivity index (χ0n) is 8.85. The number of hydrogen-bond donors (Lipinski definition) is 0. The van der Waals surface area contributed by atoms with Gasteiger partial charge in [-0.25, -0.2) is 8.78 Å². The van der Waals surface area contributed by atoms with Crippen LogP contribution in [0.4, 0.5) is 8.78 Å². The Labute approximate surface area is 112 Å². The minimum absolute atomic E-state index is 0.0242. The van der Waals surface area contributed by atoms with Crippen molar-refractivity contribution in [2.75, 3.05) is 0 Å². The van der Waals surface area contributed by atoms with Gasteiger partial charge in [0, 0.05) is 21.2 Å². The second-order valence-electron chi connectivity index (χ2n) is 3.52. The number of benzene rings is 2. The van der Waals surface area contributed by atoms with Gasteiger partial charge in [-0.05, 0) is 24.3 Å². The number of nitrogens with zero attached hydrogens (tertiary/aromatic N) is 1. The molecule has 18 heavy (non-hydrogen) atoms. The fourth-order valence-electron chi connectivity index (χ4n) is 1.60. The van der Waals surface area contributed by atoms with E-state index in [0.717, 1.165) is 12.1 Å². The zero-order chi connectivity index (χ0) is 13.3. The molecule has 0 bridgehead atoms. The molecule has 2 aromatic rings. The Hall–Kier alpha value is -1.63. The number of rotatable bonds is 1. The Balaban J connectivity index is 2.80. The number of hydrogen-bond acceptors (Lipinski definition) is 1. The summed E-state index contributed by atoms with van der Waals surface area (Å²) in [6.45, 7) is 0. The van der Waals surface area contributed by atoms with Gasteiger partial charge >= 0.3 is 0 Å². The summed E-state index contributed by atoms with van der Waals surface area (Å²) in [7, 11) is 0. The summed E-state index contributed by atoms with van der Waals surface area (Å²) in [5.74, 6) is -2.14. The molecule has 0 atom stereocenters. The van der Waals surface area contributed by atoms with Crippen molar-refractivity contribution >= 4 is 23.2 Å². The van der Waals surface area contributed by atoms with Crippen LogP contribution in [0.2, 0.25) is 10.0 Å². The van der Waals surface area contributed by atoms with E-state index >= 15 is 0 Å². The number of nitriles is 1. The predicted molar refractivity (Wildman–Crippen MR) is 66.5 cm³/mol. The molecule has 0 aliphatic rings. The SMILES string of the molecule is N#Cc1cc(F)c(F)cc1-c1c(Cl)cccc1Cl. The average Bonchev–Trinajstić information content (AvgIpc) is 2.33. The first kappa shape index (κ1) is 12.8. The quantitative estimate of drug-likeness (QED) is 0.737. The first-order valence-electron chi connectivity index (χ1n) is 4.88. The highest BCUT2D eigenvalue weighted by atomic mass is 35.5. The minimum Gasteiger partial charge on any atom is -0.204 e. The van der Waals surface area contributed by atoms with Crippen molar-refractivity contribution in [3.63, 3.8) is 0 Å². The Morgan fingerprint density at radius 2 is 1.56 bits per heavy atom. The smallest absolute Gasteiger partial charge is 0.160 e. The third-order valence-electron chi connectivity index (χ3n) is 2.41. The summed E-state index contributed by atoms with van der Waals surface area (Å²) < 4.78 is 26.3. The maximum atomic E-state index is 13.3. The maximum Gasteiger partial charge on any atom is 0.160 e. The first-order chi connectivity index (χ1) is 8.54. The van der Waals surface area contributed by atoms with Gasteiger partial charge in [0.25, 0.3) is 0 Å². The highest BCUT2D eigenvalue weighted by Crippen LogP contribution is 2.37. The average molecular weight is 284 g/mol. The molecule has 0 radical (unpaired) electrons. The molecule has 0 aliphatic carbocycles. The standard InChI is InChI=1S/C13H5Cl2F2N/c14-9-2-1-3-10(15)13(9)8-5-12(17)11(16)4-7(8)6-18/h1-5H. The molecule has 0 fully saturated rings. The lowest BCUT2D eigenvalue weighted by molar-refractivity contribution is 0.508. The molecule has 2 rings (SSSR count). The summed E-state index contributed by atoms with van der Waals surface area (Å²) in [4.78, 5) is 0. The van der Waals surface area contributed by atoms with Crippen LogP contribution in [-0.2, 0) is 0 Å². The topological polar surface area (TPSA) is 23.8 Å². The highest BCUT2D eigenvalue weighted by molar-refractivity contribution is 6.39. The summed E-state index contributed by atoms with van der Waals surface area (Å²) in [5.41, 5.74) is 0.465. The molecule has 0 aromatic heterocycles. The van der Waals surface area contributed by atoms with E-state index in [1.54, 1.807) is 24.3 Å². The molecule has 2 aromatic carbocycles. The van der Waals surface area contributed by atoms with Crippen LogP contribution in [-0.4, -0.2) is 0 Å². The van der Waals surface area contributed by atoms with Crippen LogP contribution in [0.3, 0.4) is 0 Å². The summed E-state index contributed by atoms with van der Waals surface area (Å²) in [5, 5.41) is 9.49. The van der Waals surface area contributed by atoms with Crippen LogP contribution in [0.5, 0.6) is 0 Å². The third-order valence-corrected chi connectivity index (χ3v) is 3.04. The van der Waals surface area contributed by atoms with Gasteiger partial charge in [0.05, 0.1) is 11.6 Å². The van der Waals surface area contributed by atoms with Crippen molar-refractivity contribution in [3.05, 3.63) is 57.6 Å². The van der Waals surface area contributed by atoms with E-state index < -0.39 is 11.6 Å². The van der Waals surface area contributed by atoms with E-state index in [1.165, 1.54) is 0 Å². The van der Waals surface area contributed by atoms with E-state index in [4.69, 9.17) is 28.5 Å². The van der Waals surface area contributed by atoms with Crippen LogP contribution in [0.1, 0.15) is 5.56 Å². The largest absolute Gasteiger partial charge is 0.204 e. The highest BCUT2D eigenvalue weighted by Gasteiger charge is 2.16. The van der Waals surface area contributed by atoms with Crippen LogP contribution >= 0.6 is 23.2 Å². The first-order valence-corrected chi connectivity index (χ1v) is 5.63. The molecular formula is C13H5Cl2F2N. The van der Waals surface area contributed by atoms with Crippen molar-refractivity contribution in [2.24, 2.45) is 0 Å². The van der Waals surface area contributed by atoms with E-state index in [1.807, 2.05) is 0 Å². The van der Waals surface area contributed by atoms with Crippen LogP contribution in [0.15, 0.2) is 30.3 Å². The summed E-state index contributed by atoms with van der Waals surface area (Å²) in [6, 6.07) is 8.28. The lowest BCUT2D eigenvalue weighted by atomic mass is 10.00. The second-order valence-corrected chi connectivity index (χ2v) is 4.33. The van der Waals surface area contributed by atoms with Gasteiger partial charge in [-0.2, -0.15) is 5.26 Å². The molecule has 0 unspecified atom stereocenters. The Morgan fingerprint density at radius 1 is 1.00 bits per heavy atom. The normalized spacial score (nSPS) is 10.2.